The zero-order valence-corrected chi connectivity index (χ0v) is 4.87. The van der Waals surface area contributed by atoms with Crippen molar-refractivity contribution in [2.75, 3.05) is 7.11 Å². The van der Waals surface area contributed by atoms with Crippen LogP contribution < -0.4 is 5.73 Å². The van der Waals surface area contributed by atoms with Crippen molar-refractivity contribution in [2.45, 2.75) is 4.96 Å². The minimum absolute atomic E-state index is 0.722. The van der Waals surface area contributed by atoms with Crippen LogP contribution in [0.15, 0.2) is 0 Å². The van der Waals surface area contributed by atoms with E-state index in [9.17, 15) is 0 Å². The summed E-state index contributed by atoms with van der Waals surface area (Å²) < 4.78 is 0. The van der Waals surface area contributed by atoms with Crippen LogP contribution in [-0.4, -0.2) is 17.2 Å². The van der Waals surface area contributed by atoms with Gasteiger partial charge in [-0.05, 0) is 0 Å². The lowest BCUT2D eigenvalue weighted by Gasteiger charge is -1.74. The average Bonchev–Trinajstić information content (AvgIpc) is 1.41. The first-order valence-electron chi connectivity index (χ1n) is 1.22. The second kappa shape index (κ2) is 9.09. The van der Waals surface area contributed by atoms with Crippen LogP contribution in [0.3, 0.4) is 0 Å². The molecule has 0 aromatic heterocycles. The highest BCUT2D eigenvalue weighted by Gasteiger charge is 1.74. The lowest BCUT2D eigenvalue weighted by atomic mass is 11.5. The van der Waals surface area contributed by atoms with Gasteiger partial charge in [0, 0.05) is 7.11 Å². The summed E-state index contributed by atoms with van der Waals surface area (Å²) in [6, 6.07) is 0. The van der Waals surface area contributed by atoms with Gasteiger partial charge in [-0.1, -0.05) is 23.2 Å². The Labute approximate surface area is 46.9 Å². The fourth-order valence-electron chi connectivity index (χ4n) is 0. The van der Waals surface area contributed by atoms with Crippen molar-refractivity contribution in [3.63, 3.8) is 0 Å². The molecule has 0 spiro atoms. The predicted octanol–water partition coefficient (Wildman–Crippen LogP) is 0.315. The summed E-state index contributed by atoms with van der Waals surface area (Å²) in [7, 11) is 1.00. The second-order valence-electron chi connectivity index (χ2n) is 0.334. The van der Waals surface area contributed by atoms with E-state index in [-0.39, 0.29) is 0 Å². The minimum atomic E-state index is -0.722. The van der Waals surface area contributed by atoms with Gasteiger partial charge in [0.15, 0.2) is 4.96 Å². The van der Waals surface area contributed by atoms with E-state index in [0.29, 0.717) is 0 Å². The molecule has 6 heavy (non-hydrogen) atoms. The molecule has 0 atom stereocenters. The molecular weight excluding hydrogens is 125 g/mol. The summed E-state index contributed by atoms with van der Waals surface area (Å²) in [5.74, 6) is 0. The molecule has 3 N–H and O–H groups in total. The van der Waals surface area contributed by atoms with Gasteiger partial charge in [0.25, 0.3) is 0 Å². The monoisotopic (exact) mass is 131 g/mol. The van der Waals surface area contributed by atoms with Crippen LogP contribution in [0.5, 0.6) is 0 Å². The van der Waals surface area contributed by atoms with E-state index in [4.69, 9.17) is 28.3 Å². The third kappa shape index (κ3) is 221. The molecular formula is C2H7Cl2NO. The Bertz CT molecular complexity index is 16.3. The normalized spacial score (nSPS) is 7.00. The zero-order chi connectivity index (χ0) is 5.58. The van der Waals surface area contributed by atoms with Crippen molar-refractivity contribution in [1.82, 2.24) is 0 Å². The van der Waals surface area contributed by atoms with Crippen LogP contribution in [0.25, 0.3) is 0 Å². The maximum atomic E-state index is 7.00. The van der Waals surface area contributed by atoms with Crippen molar-refractivity contribution in [1.29, 1.82) is 0 Å². The molecule has 0 rings (SSSR count). The van der Waals surface area contributed by atoms with Crippen molar-refractivity contribution < 1.29 is 5.11 Å². The topological polar surface area (TPSA) is 46.2 Å². The molecule has 0 aliphatic heterocycles. The number of hydrogen-bond donors (Lipinski definition) is 2. The smallest absolute Gasteiger partial charge is 0.155 e. The Balaban J connectivity index is 0. The number of aliphatic hydroxyl groups excluding tert-OH is 1. The van der Waals surface area contributed by atoms with Gasteiger partial charge in [0.05, 0.1) is 0 Å². The van der Waals surface area contributed by atoms with E-state index in [0.717, 1.165) is 7.11 Å². The van der Waals surface area contributed by atoms with Gasteiger partial charge < -0.3 is 10.8 Å². The largest absolute Gasteiger partial charge is 0.400 e. The Morgan fingerprint density at radius 2 is 1.50 bits per heavy atom. The summed E-state index contributed by atoms with van der Waals surface area (Å²) in [4.78, 5) is -0.722. The van der Waals surface area contributed by atoms with Gasteiger partial charge in [-0.25, -0.2) is 0 Å². The maximum Gasteiger partial charge on any atom is 0.155 e. The van der Waals surface area contributed by atoms with Crippen LogP contribution >= 0.6 is 23.2 Å². The molecule has 2 nitrogen and oxygen atoms in total. The SMILES string of the molecule is CO.NC(Cl)Cl. The van der Waals surface area contributed by atoms with Crippen LogP contribution in [0.2, 0.25) is 0 Å². The van der Waals surface area contributed by atoms with Gasteiger partial charge in [-0.2, -0.15) is 0 Å². The first-order chi connectivity index (χ1) is 2.73. The van der Waals surface area contributed by atoms with E-state index in [1.165, 1.54) is 0 Å². The van der Waals surface area contributed by atoms with Gasteiger partial charge in [-0.3, -0.25) is 0 Å². The molecule has 0 aromatic carbocycles. The molecule has 0 saturated carbocycles. The summed E-state index contributed by atoms with van der Waals surface area (Å²) in [6.07, 6.45) is 0. The number of halogens is 2. The Morgan fingerprint density at radius 1 is 1.50 bits per heavy atom. The van der Waals surface area contributed by atoms with Gasteiger partial charge in [0.2, 0.25) is 0 Å². The van der Waals surface area contributed by atoms with Crippen molar-refractivity contribution in [3.8, 4) is 0 Å². The quantitative estimate of drug-likeness (QED) is 0.368. The third-order valence-electron chi connectivity index (χ3n) is 0. The van der Waals surface area contributed by atoms with E-state index in [1.54, 1.807) is 0 Å². The fraction of sp³-hybridized carbons (Fsp3) is 1.00. The second-order valence-corrected chi connectivity index (χ2v) is 1.50. The summed E-state index contributed by atoms with van der Waals surface area (Å²) in [5.41, 5.74) is 4.64. The fourth-order valence-corrected chi connectivity index (χ4v) is 0. The lowest BCUT2D eigenvalue weighted by molar-refractivity contribution is 0.399. The Hall–Kier alpha value is 0.500. The van der Waals surface area contributed by atoms with Crippen LogP contribution in [0.1, 0.15) is 0 Å². The number of hydrogen-bond acceptors (Lipinski definition) is 2. The predicted molar refractivity (Wildman–Crippen MR) is 27.8 cm³/mol. The highest BCUT2D eigenvalue weighted by Crippen LogP contribution is 1.86. The molecule has 0 unspecified atom stereocenters. The Morgan fingerprint density at radius 3 is 1.50 bits per heavy atom. The molecule has 0 radical (unpaired) electrons. The first-order valence-corrected chi connectivity index (χ1v) is 2.09. The number of nitrogens with two attached hydrogens (primary N) is 1. The van der Waals surface area contributed by atoms with Crippen molar-refractivity contribution in [3.05, 3.63) is 0 Å². The molecule has 0 heterocycles. The van der Waals surface area contributed by atoms with Gasteiger partial charge in [0.1, 0.15) is 0 Å². The molecule has 4 heteroatoms. The van der Waals surface area contributed by atoms with E-state index < -0.39 is 4.96 Å². The molecule has 0 aromatic rings. The molecule has 0 bridgehead atoms. The maximum absolute atomic E-state index is 7.00. The number of rotatable bonds is 0. The summed E-state index contributed by atoms with van der Waals surface area (Å²) >= 11 is 9.64. The highest BCUT2D eigenvalue weighted by atomic mass is 35.5. The molecule has 0 aliphatic rings. The van der Waals surface area contributed by atoms with Crippen molar-refractivity contribution >= 4 is 23.2 Å². The summed E-state index contributed by atoms with van der Waals surface area (Å²) in [6.45, 7) is 0. The van der Waals surface area contributed by atoms with Crippen LogP contribution in [0.4, 0.5) is 0 Å². The van der Waals surface area contributed by atoms with Crippen molar-refractivity contribution in [2.24, 2.45) is 5.73 Å². The van der Waals surface area contributed by atoms with E-state index in [2.05, 4.69) is 5.73 Å². The van der Waals surface area contributed by atoms with Crippen LogP contribution in [0, 0.1) is 0 Å². The van der Waals surface area contributed by atoms with E-state index >= 15 is 0 Å². The molecule has 40 valence electrons. The van der Waals surface area contributed by atoms with E-state index in [1.807, 2.05) is 0 Å². The number of alkyl halides is 2. The molecule has 0 saturated heterocycles. The van der Waals surface area contributed by atoms with Gasteiger partial charge in [-0.15, -0.1) is 0 Å². The average molecular weight is 132 g/mol. The standard InChI is InChI=1S/CH3Cl2N.CH4O/c2-1(3)4;1-2/h1H,4H2;2H,1H3. The summed E-state index contributed by atoms with van der Waals surface area (Å²) in [5, 5.41) is 7.00. The molecule has 0 fully saturated rings. The molecule has 0 amide bonds. The van der Waals surface area contributed by atoms with Crippen LogP contribution in [-0.2, 0) is 0 Å². The van der Waals surface area contributed by atoms with Gasteiger partial charge >= 0.3 is 0 Å². The highest BCUT2D eigenvalue weighted by molar-refractivity contribution is 6.43. The molecule has 0 aliphatic carbocycles. The number of aliphatic hydroxyl groups is 1. The Kier molecular flexibility index (Phi) is 14.7. The first kappa shape index (κ1) is 9.71. The minimum Gasteiger partial charge on any atom is -0.400 e. The zero-order valence-electron chi connectivity index (χ0n) is 3.36. The third-order valence-corrected chi connectivity index (χ3v) is 0. The lowest BCUT2D eigenvalue weighted by Crippen LogP contribution is -1.99.